The summed E-state index contributed by atoms with van der Waals surface area (Å²) >= 11 is 0. The molecule has 0 unspecified atom stereocenters. The van der Waals surface area contributed by atoms with E-state index in [2.05, 4.69) is 41.2 Å². The van der Waals surface area contributed by atoms with Gasteiger partial charge in [-0.3, -0.25) is 0 Å². The molecule has 0 spiro atoms. The van der Waals surface area contributed by atoms with Crippen LogP contribution >= 0.6 is 0 Å². The first-order valence-corrected chi connectivity index (χ1v) is 9.12. The molecule has 0 amide bonds. The fourth-order valence-electron chi connectivity index (χ4n) is 3.60. The van der Waals surface area contributed by atoms with Crippen molar-refractivity contribution in [1.82, 2.24) is 9.88 Å². The number of rotatable bonds is 4. The molecule has 0 bridgehead atoms. The number of hydrogen-bond donors (Lipinski definition) is 0. The van der Waals surface area contributed by atoms with E-state index in [9.17, 15) is 0 Å². The Balaban J connectivity index is 1.74. The predicted molar refractivity (Wildman–Crippen MR) is 105 cm³/mol. The van der Waals surface area contributed by atoms with Crippen molar-refractivity contribution in [2.75, 3.05) is 27.2 Å². The Labute approximate surface area is 154 Å². The molecule has 0 saturated carbocycles. The highest BCUT2D eigenvalue weighted by atomic mass is 16.5. The van der Waals surface area contributed by atoms with E-state index in [-0.39, 0.29) is 6.10 Å². The average Bonchev–Trinajstić information content (AvgIpc) is 2.70. The van der Waals surface area contributed by atoms with E-state index in [4.69, 9.17) is 9.47 Å². The summed E-state index contributed by atoms with van der Waals surface area (Å²) in [7, 11) is 3.86. The molecule has 0 radical (unpaired) electrons. The molecule has 0 aliphatic carbocycles. The number of pyridine rings is 1. The largest absolute Gasteiger partial charge is 0.496 e. The summed E-state index contributed by atoms with van der Waals surface area (Å²) in [6.07, 6.45) is 4.23. The molecule has 2 aromatic carbocycles. The number of fused-ring (bicyclic) bond motifs is 1. The summed E-state index contributed by atoms with van der Waals surface area (Å²) in [4.78, 5) is 7.02. The number of piperidine rings is 1. The number of hydrogen-bond acceptors (Lipinski definition) is 4. The topological polar surface area (TPSA) is 34.6 Å². The summed E-state index contributed by atoms with van der Waals surface area (Å²) in [5, 5.41) is 2.18. The molecule has 2 heterocycles. The number of ether oxygens (including phenoxy) is 2. The van der Waals surface area contributed by atoms with Crippen molar-refractivity contribution in [1.29, 1.82) is 0 Å². The average molecular weight is 348 g/mol. The van der Waals surface area contributed by atoms with Crippen molar-refractivity contribution in [3.8, 4) is 22.8 Å². The smallest absolute Gasteiger partial charge is 0.221 e. The van der Waals surface area contributed by atoms with Crippen LogP contribution in [0.3, 0.4) is 0 Å². The lowest BCUT2D eigenvalue weighted by Crippen LogP contribution is -2.35. The zero-order valence-electron chi connectivity index (χ0n) is 15.3. The third-order valence-corrected chi connectivity index (χ3v) is 5.10. The highest BCUT2D eigenvalue weighted by Gasteiger charge is 2.20. The van der Waals surface area contributed by atoms with Crippen LogP contribution < -0.4 is 9.47 Å². The van der Waals surface area contributed by atoms with Gasteiger partial charge >= 0.3 is 0 Å². The van der Waals surface area contributed by atoms with Crippen LogP contribution in [-0.4, -0.2) is 43.2 Å². The molecule has 1 fully saturated rings. The molecular weight excluding hydrogens is 324 g/mol. The Bertz CT molecular complexity index is 902. The van der Waals surface area contributed by atoms with Crippen LogP contribution in [0.5, 0.6) is 11.6 Å². The van der Waals surface area contributed by atoms with E-state index < -0.39 is 0 Å². The molecule has 1 aromatic heterocycles. The van der Waals surface area contributed by atoms with E-state index in [0.29, 0.717) is 0 Å². The van der Waals surface area contributed by atoms with Crippen molar-refractivity contribution in [3.05, 3.63) is 54.7 Å². The van der Waals surface area contributed by atoms with E-state index in [1.807, 2.05) is 30.5 Å². The Hall–Kier alpha value is -2.59. The molecule has 4 rings (SSSR count). The highest BCUT2D eigenvalue weighted by Crippen LogP contribution is 2.37. The van der Waals surface area contributed by atoms with Crippen LogP contribution in [0, 0.1) is 0 Å². The monoisotopic (exact) mass is 348 g/mol. The standard InChI is InChI=1S/C22H24N2O2/c1-24-13-11-16(12-14-24)26-22-19-9-4-3-7-17(19)20(15-23-22)18-8-5-6-10-21(18)25-2/h3-10,15-16H,11-14H2,1-2H3. The molecule has 3 aromatic rings. The maximum absolute atomic E-state index is 6.30. The lowest BCUT2D eigenvalue weighted by atomic mass is 10.00. The first kappa shape index (κ1) is 16.9. The minimum atomic E-state index is 0.235. The zero-order valence-corrected chi connectivity index (χ0v) is 15.3. The third-order valence-electron chi connectivity index (χ3n) is 5.10. The van der Waals surface area contributed by atoms with Crippen molar-refractivity contribution in [2.45, 2.75) is 18.9 Å². The van der Waals surface area contributed by atoms with Gasteiger partial charge in [-0.1, -0.05) is 36.4 Å². The molecule has 134 valence electrons. The van der Waals surface area contributed by atoms with Gasteiger partial charge in [0.05, 0.1) is 7.11 Å². The minimum Gasteiger partial charge on any atom is -0.496 e. The maximum atomic E-state index is 6.30. The van der Waals surface area contributed by atoms with E-state index in [1.165, 1.54) is 0 Å². The second kappa shape index (κ2) is 7.34. The molecule has 1 aliphatic rings. The van der Waals surface area contributed by atoms with Crippen LogP contribution in [0.15, 0.2) is 54.7 Å². The van der Waals surface area contributed by atoms with Crippen molar-refractivity contribution < 1.29 is 9.47 Å². The lowest BCUT2D eigenvalue weighted by Gasteiger charge is -2.29. The maximum Gasteiger partial charge on any atom is 0.221 e. The van der Waals surface area contributed by atoms with Crippen LogP contribution in [0.4, 0.5) is 0 Å². The molecule has 1 saturated heterocycles. The first-order chi connectivity index (χ1) is 12.8. The van der Waals surface area contributed by atoms with Gasteiger partial charge in [-0.05, 0) is 37.4 Å². The Kier molecular flexibility index (Phi) is 4.76. The van der Waals surface area contributed by atoms with E-state index in [1.54, 1.807) is 7.11 Å². The predicted octanol–water partition coefficient (Wildman–Crippen LogP) is 4.38. The van der Waals surface area contributed by atoms with Crippen molar-refractivity contribution in [3.63, 3.8) is 0 Å². The second-order valence-electron chi connectivity index (χ2n) is 6.84. The summed E-state index contributed by atoms with van der Waals surface area (Å²) in [6, 6.07) is 16.4. The van der Waals surface area contributed by atoms with E-state index >= 15 is 0 Å². The van der Waals surface area contributed by atoms with Gasteiger partial charge in [-0.15, -0.1) is 0 Å². The van der Waals surface area contributed by atoms with Crippen molar-refractivity contribution >= 4 is 10.8 Å². The molecule has 0 atom stereocenters. The Morgan fingerprint density at radius 1 is 0.923 bits per heavy atom. The van der Waals surface area contributed by atoms with Gasteiger partial charge in [0.25, 0.3) is 0 Å². The van der Waals surface area contributed by atoms with E-state index in [0.717, 1.165) is 59.5 Å². The number of likely N-dealkylation sites (tertiary alicyclic amines) is 1. The zero-order chi connectivity index (χ0) is 17.9. The van der Waals surface area contributed by atoms with Gasteiger partial charge in [-0.2, -0.15) is 0 Å². The van der Waals surface area contributed by atoms with Crippen LogP contribution in [-0.2, 0) is 0 Å². The van der Waals surface area contributed by atoms with Gasteiger partial charge in [-0.25, -0.2) is 4.98 Å². The molecule has 1 aliphatic heterocycles. The number of aromatic nitrogens is 1. The second-order valence-corrected chi connectivity index (χ2v) is 6.84. The SMILES string of the molecule is COc1ccccc1-c1cnc(OC2CCN(C)CC2)c2ccccc12. The quantitative estimate of drug-likeness (QED) is 0.701. The summed E-state index contributed by atoms with van der Waals surface area (Å²) in [6.45, 7) is 2.14. The van der Waals surface area contributed by atoms with Crippen LogP contribution in [0.2, 0.25) is 0 Å². The normalized spacial score (nSPS) is 15.9. The summed E-state index contributed by atoms with van der Waals surface area (Å²) in [5.41, 5.74) is 2.11. The Morgan fingerprint density at radius 2 is 1.62 bits per heavy atom. The first-order valence-electron chi connectivity index (χ1n) is 9.12. The van der Waals surface area contributed by atoms with Crippen LogP contribution in [0.1, 0.15) is 12.8 Å². The molecule has 0 N–H and O–H groups in total. The van der Waals surface area contributed by atoms with Gasteiger partial charge < -0.3 is 14.4 Å². The fraction of sp³-hybridized carbons (Fsp3) is 0.318. The third kappa shape index (κ3) is 3.25. The number of para-hydroxylation sites is 1. The molecule has 4 heteroatoms. The minimum absolute atomic E-state index is 0.235. The highest BCUT2D eigenvalue weighted by molar-refractivity contribution is 5.99. The summed E-state index contributed by atoms with van der Waals surface area (Å²) in [5.74, 6) is 1.58. The number of nitrogens with zero attached hydrogens (tertiary/aromatic N) is 2. The van der Waals surface area contributed by atoms with Crippen molar-refractivity contribution in [2.24, 2.45) is 0 Å². The summed E-state index contributed by atoms with van der Waals surface area (Å²) < 4.78 is 11.8. The van der Waals surface area contributed by atoms with Gasteiger partial charge in [0.15, 0.2) is 0 Å². The van der Waals surface area contributed by atoms with Gasteiger partial charge in [0.2, 0.25) is 5.88 Å². The van der Waals surface area contributed by atoms with Gasteiger partial charge in [0, 0.05) is 35.8 Å². The van der Waals surface area contributed by atoms with Gasteiger partial charge in [0.1, 0.15) is 11.9 Å². The molecular formula is C22H24N2O2. The molecule has 26 heavy (non-hydrogen) atoms. The molecule has 4 nitrogen and oxygen atoms in total. The number of benzene rings is 2. The number of methoxy groups -OCH3 is 1. The van der Waals surface area contributed by atoms with Crippen LogP contribution in [0.25, 0.3) is 21.9 Å². The fourth-order valence-corrected chi connectivity index (χ4v) is 3.60. The Morgan fingerprint density at radius 3 is 2.38 bits per heavy atom. The lowest BCUT2D eigenvalue weighted by molar-refractivity contribution is 0.111.